The molecule has 2 atom stereocenters. The molecule has 9 heteroatoms. The second-order valence-electron chi connectivity index (χ2n) is 6.58. The van der Waals surface area contributed by atoms with Gasteiger partial charge >= 0.3 is 12.0 Å². The number of allylic oxidation sites excluding steroid dienone is 1. The van der Waals surface area contributed by atoms with E-state index in [2.05, 4.69) is 5.32 Å². The van der Waals surface area contributed by atoms with Crippen LogP contribution in [0.25, 0.3) is 0 Å². The molecule has 0 saturated carbocycles. The van der Waals surface area contributed by atoms with E-state index < -0.39 is 39.7 Å². The zero-order chi connectivity index (χ0) is 19.8. The Bertz CT molecular complexity index is 912. The molecule has 146 valence electrons. The first-order valence-corrected chi connectivity index (χ1v) is 10.5. The minimum absolute atomic E-state index is 0.00318. The highest BCUT2D eigenvalue weighted by atomic mass is 32.2. The smallest absolute Gasteiger partial charge is 0.338 e. The molecule has 7 nitrogen and oxygen atoms in total. The summed E-state index contributed by atoms with van der Waals surface area (Å²) in [5.74, 6) is -1.28. The van der Waals surface area contributed by atoms with Crippen molar-refractivity contribution in [3.8, 4) is 0 Å². The predicted molar refractivity (Wildman–Crippen MR) is 95.9 cm³/mol. The number of sulfone groups is 1. The molecular weight excluding hydrogens is 375 g/mol. The molecule has 1 aromatic rings. The van der Waals surface area contributed by atoms with Crippen LogP contribution in [0.2, 0.25) is 0 Å². The fraction of sp³-hybridized carbons (Fsp3) is 0.444. The van der Waals surface area contributed by atoms with Crippen molar-refractivity contribution >= 4 is 21.8 Å². The third kappa shape index (κ3) is 3.83. The Morgan fingerprint density at radius 3 is 2.74 bits per heavy atom. The third-order valence-corrected chi connectivity index (χ3v) is 6.53. The Morgan fingerprint density at radius 2 is 2.15 bits per heavy atom. The largest absolute Gasteiger partial charge is 0.463 e. The van der Waals surface area contributed by atoms with Crippen LogP contribution in [-0.4, -0.2) is 49.5 Å². The summed E-state index contributed by atoms with van der Waals surface area (Å²) in [4.78, 5) is 26.7. The van der Waals surface area contributed by atoms with Crippen LogP contribution in [0.4, 0.5) is 9.18 Å². The number of urea groups is 1. The molecule has 1 saturated heterocycles. The first-order chi connectivity index (χ1) is 12.7. The number of benzene rings is 1. The molecular formula is C18H21FN2O5S. The Hall–Kier alpha value is -2.42. The maximum Gasteiger partial charge on any atom is 0.338 e. The van der Waals surface area contributed by atoms with Gasteiger partial charge in [-0.25, -0.2) is 22.4 Å². The highest BCUT2D eigenvalue weighted by molar-refractivity contribution is 7.91. The molecule has 2 aliphatic heterocycles. The number of carbonyl (C=O) groups excluding carboxylic acids is 2. The van der Waals surface area contributed by atoms with Crippen LogP contribution >= 0.6 is 0 Å². The summed E-state index contributed by atoms with van der Waals surface area (Å²) in [5, 5.41) is 2.70. The number of nitrogens with zero attached hydrogens (tertiary/aromatic N) is 1. The summed E-state index contributed by atoms with van der Waals surface area (Å²) >= 11 is 0. The zero-order valence-electron chi connectivity index (χ0n) is 15.1. The molecule has 2 heterocycles. The second kappa shape index (κ2) is 7.30. The second-order valence-corrected chi connectivity index (χ2v) is 8.81. The molecule has 3 rings (SSSR count). The van der Waals surface area contributed by atoms with Gasteiger partial charge in [0, 0.05) is 5.70 Å². The van der Waals surface area contributed by atoms with E-state index >= 15 is 0 Å². The molecule has 2 amide bonds. The lowest BCUT2D eigenvalue weighted by Gasteiger charge is -2.38. The molecule has 0 spiro atoms. The van der Waals surface area contributed by atoms with Crippen molar-refractivity contribution in [3.63, 3.8) is 0 Å². The molecule has 1 aromatic carbocycles. The summed E-state index contributed by atoms with van der Waals surface area (Å²) in [5.41, 5.74) is 0.907. The Morgan fingerprint density at radius 1 is 1.41 bits per heavy atom. The van der Waals surface area contributed by atoms with E-state index in [0.717, 1.165) is 0 Å². The number of halogens is 1. The maximum absolute atomic E-state index is 13.7. The van der Waals surface area contributed by atoms with Gasteiger partial charge in [-0.2, -0.15) is 0 Å². The van der Waals surface area contributed by atoms with E-state index in [1.165, 1.54) is 23.1 Å². The normalized spacial score (nSPS) is 24.7. The maximum atomic E-state index is 13.7. The molecule has 0 aromatic heterocycles. The Balaban J connectivity index is 2.07. The monoisotopic (exact) mass is 396 g/mol. The average molecular weight is 396 g/mol. The van der Waals surface area contributed by atoms with Crippen LogP contribution in [0, 0.1) is 5.82 Å². The fourth-order valence-corrected chi connectivity index (χ4v) is 5.29. The average Bonchev–Trinajstić information content (AvgIpc) is 2.94. The van der Waals surface area contributed by atoms with Crippen LogP contribution in [0.3, 0.4) is 0 Å². The van der Waals surface area contributed by atoms with Gasteiger partial charge in [0.1, 0.15) is 5.82 Å². The lowest BCUT2D eigenvalue weighted by molar-refractivity contribution is -0.139. The van der Waals surface area contributed by atoms with Crippen molar-refractivity contribution in [1.82, 2.24) is 10.2 Å². The van der Waals surface area contributed by atoms with Crippen LogP contribution in [-0.2, 0) is 19.4 Å². The SMILES string of the molecule is CCOC(=O)C1=C(C)N(C2CCS(=O)(=O)C2)C(=O)NC1c1cccc(F)c1. The fourth-order valence-electron chi connectivity index (χ4n) is 3.59. The van der Waals surface area contributed by atoms with E-state index in [9.17, 15) is 22.4 Å². The van der Waals surface area contributed by atoms with E-state index in [4.69, 9.17) is 4.74 Å². The van der Waals surface area contributed by atoms with Gasteiger partial charge in [0.25, 0.3) is 0 Å². The summed E-state index contributed by atoms with van der Waals surface area (Å²) in [6.45, 7) is 3.38. The molecule has 2 unspecified atom stereocenters. The predicted octanol–water partition coefficient (Wildman–Crippen LogP) is 1.92. The Labute approximate surface area is 157 Å². The number of amides is 2. The van der Waals surface area contributed by atoms with Crippen LogP contribution in [0.15, 0.2) is 35.5 Å². The van der Waals surface area contributed by atoms with E-state index in [1.54, 1.807) is 19.9 Å². The van der Waals surface area contributed by atoms with Gasteiger partial charge in [0.15, 0.2) is 9.84 Å². The van der Waals surface area contributed by atoms with E-state index in [1.807, 2.05) is 0 Å². The zero-order valence-corrected chi connectivity index (χ0v) is 15.9. The van der Waals surface area contributed by atoms with Gasteiger partial charge in [-0.1, -0.05) is 12.1 Å². The highest BCUT2D eigenvalue weighted by Gasteiger charge is 2.42. The Kier molecular flexibility index (Phi) is 5.23. The topological polar surface area (TPSA) is 92.8 Å². The standard InChI is InChI=1S/C18H21FN2O5S/c1-3-26-17(22)15-11(2)21(14-7-8-27(24,25)10-14)18(23)20-16(15)12-5-4-6-13(19)9-12/h4-6,9,14,16H,3,7-8,10H2,1-2H3,(H,20,23). The first-order valence-electron chi connectivity index (χ1n) is 8.67. The molecule has 0 bridgehead atoms. The van der Waals surface area contributed by atoms with Crippen LogP contribution in [0.1, 0.15) is 31.9 Å². The molecule has 0 radical (unpaired) electrons. The van der Waals surface area contributed by atoms with Crippen molar-refractivity contribution in [2.24, 2.45) is 0 Å². The summed E-state index contributed by atoms with van der Waals surface area (Å²) in [6.07, 6.45) is 0.299. The minimum Gasteiger partial charge on any atom is -0.463 e. The molecule has 27 heavy (non-hydrogen) atoms. The molecule has 1 N–H and O–H groups in total. The van der Waals surface area contributed by atoms with Crippen molar-refractivity contribution in [2.75, 3.05) is 18.1 Å². The van der Waals surface area contributed by atoms with Crippen molar-refractivity contribution in [2.45, 2.75) is 32.4 Å². The molecule has 1 fully saturated rings. The van der Waals surface area contributed by atoms with Gasteiger partial charge in [-0.3, -0.25) is 4.90 Å². The quantitative estimate of drug-likeness (QED) is 0.785. The van der Waals surface area contributed by atoms with Crippen molar-refractivity contribution in [3.05, 3.63) is 46.9 Å². The van der Waals surface area contributed by atoms with Crippen LogP contribution < -0.4 is 5.32 Å². The molecule has 0 aliphatic carbocycles. The number of carbonyl (C=O) groups is 2. The number of esters is 1. The van der Waals surface area contributed by atoms with Crippen molar-refractivity contribution < 1.29 is 27.1 Å². The summed E-state index contributed by atoms with van der Waals surface area (Å²) < 4.78 is 42.5. The number of nitrogens with one attached hydrogen (secondary N) is 1. The first kappa shape index (κ1) is 19.3. The summed E-state index contributed by atoms with van der Waals surface area (Å²) in [6, 6.07) is 3.67. The van der Waals surface area contributed by atoms with Crippen LogP contribution in [0.5, 0.6) is 0 Å². The van der Waals surface area contributed by atoms with Gasteiger partial charge in [0.2, 0.25) is 0 Å². The lowest BCUT2D eigenvalue weighted by atomic mass is 9.94. The van der Waals surface area contributed by atoms with Gasteiger partial charge < -0.3 is 10.1 Å². The minimum atomic E-state index is -3.22. The van der Waals surface area contributed by atoms with Gasteiger partial charge in [-0.15, -0.1) is 0 Å². The number of hydrogen-bond acceptors (Lipinski definition) is 5. The summed E-state index contributed by atoms with van der Waals surface area (Å²) in [7, 11) is -3.22. The van der Waals surface area contributed by atoms with E-state index in [0.29, 0.717) is 17.7 Å². The number of ether oxygens (including phenoxy) is 1. The highest BCUT2D eigenvalue weighted by Crippen LogP contribution is 2.34. The lowest BCUT2D eigenvalue weighted by Crippen LogP contribution is -2.52. The van der Waals surface area contributed by atoms with Crippen molar-refractivity contribution in [1.29, 1.82) is 0 Å². The van der Waals surface area contributed by atoms with Gasteiger partial charge in [0.05, 0.1) is 35.8 Å². The van der Waals surface area contributed by atoms with E-state index in [-0.39, 0.29) is 23.7 Å². The third-order valence-electron chi connectivity index (χ3n) is 4.78. The number of rotatable bonds is 4. The number of hydrogen-bond donors (Lipinski definition) is 1. The van der Waals surface area contributed by atoms with Gasteiger partial charge in [-0.05, 0) is 38.0 Å². The molecule has 2 aliphatic rings.